The van der Waals surface area contributed by atoms with Gasteiger partial charge in [0.25, 0.3) is 0 Å². The molecule has 2 N–H and O–H groups in total. The second-order valence-corrected chi connectivity index (χ2v) is 7.23. The van der Waals surface area contributed by atoms with Gasteiger partial charge in [0, 0.05) is 18.0 Å². The Morgan fingerprint density at radius 2 is 1.92 bits per heavy atom. The molecule has 6 nitrogen and oxygen atoms in total. The summed E-state index contributed by atoms with van der Waals surface area (Å²) < 4.78 is 10.6. The number of carbonyl (C=O) groups is 1. The standard InChI is InChI=1S/C19H25N3O3/c20-19(14-4-5-16-17(11-14)25-12-24-16)21-18(23)10-13-6-8-22(9-7-13)15-2-1-3-15/h4-5,11,13,15H,1-3,6-10,12H2,(H2,20,21,23). The minimum absolute atomic E-state index is 0.128. The van der Waals surface area contributed by atoms with E-state index >= 15 is 0 Å². The number of ether oxygens (including phenoxy) is 2. The third-order valence-corrected chi connectivity index (χ3v) is 5.62. The van der Waals surface area contributed by atoms with Crippen LogP contribution in [0.2, 0.25) is 0 Å². The first-order chi connectivity index (χ1) is 12.2. The molecule has 0 aromatic heterocycles. The molecule has 0 radical (unpaired) electrons. The van der Waals surface area contributed by atoms with Gasteiger partial charge < -0.3 is 20.1 Å². The van der Waals surface area contributed by atoms with Gasteiger partial charge in [-0.2, -0.15) is 4.99 Å². The molecule has 1 saturated heterocycles. The van der Waals surface area contributed by atoms with Crippen LogP contribution in [0.25, 0.3) is 0 Å². The number of carbonyl (C=O) groups excluding carboxylic acids is 1. The van der Waals surface area contributed by atoms with E-state index in [1.54, 1.807) is 18.2 Å². The average molecular weight is 343 g/mol. The summed E-state index contributed by atoms with van der Waals surface area (Å²) >= 11 is 0. The lowest BCUT2D eigenvalue weighted by Gasteiger charge is -2.41. The first kappa shape index (κ1) is 16.4. The zero-order valence-corrected chi connectivity index (χ0v) is 14.4. The zero-order chi connectivity index (χ0) is 17.2. The van der Waals surface area contributed by atoms with Crippen LogP contribution in [0.4, 0.5) is 0 Å². The van der Waals surface area contributed by atoms with Crippen LogP contribution in [0.3, 0.4) is 0 Å². The monoisotopic (exact) mass is 343 g/mol. The van der Waals surface area contributed by atoms with E-state index in [-0.39, 0.29) is 18.5 Å². The maximum absolute atomic E-state index is 12.3. The molecule has 1 aliphatic carbocycles. The van der Waals surface area contributed by atoms with E-state index in [1.165, 1.54) is 19.3 Å². The largest absolute Gasteiger partial charge is 0.454 e. The topological polar surface area (TPSA) is 77.2 Å². The maximum atomic E-state index is 12.3. The maximum Gasteiger partial charge on any atom is 0.247 e. The molecular weight excluding hydrogens is 318 g/mol. The van der Waals surface area contributed by atoms with Crippen LogP contribution in [0.5, 0.6) is 11.5 Å². The second-order valence-electron chi connectivity index (χ2n) is 7.23. The Morgan fingerprint density at radius 3 is 2.64 bits per heavy atom. The highest BCUT2D eigenvalue weighted by Crippen LogP contribution is 2.32. The van der Waals surface area contributed by atoms with Crippen molar-refractivity contribution in [1.82, 2.24) is 4.90 Å². The van der Waals surface area contributed by atoms with Gasteiger partial charge in [-0.25, -0.2) is 0 Å². The lowest BCUT2D eigenvalue weighted by Crippen LogP contribution is -2.45. The Morgan fingerprint density at radius 1 is 1.16 bits per heavy atom. The van der Waals surface area contributed by atoms with Crippen molar-refractivity contribution in [1.29, 1.82) is 0 Å². The van der Waals surface area contributed by atoms with Gasteiger partial charge in [-0.15, -0.1) is 0 Å². The molecule has 134 valence electrons. The first-order valence-corrected chi connectivity index (χ1v) is 9.20. The van der Waals surface area contributed by atoms with Gasteiger partial charge in [0.2, 0.25) is 12.7 Å². The van der Waals surface area contributed by atoms with Crippen LogP contribution in [0.1, 0.15) is 44.1 Å². The molecule has 2 fully saturated rings. The first-order valence-electron chi connectivity index (χ1n) is 9.20. The molecule has 0 atom stereocenters. The summed E-state index contributed by atoms with van der Waals surface area (Å²) in [5, 5.41) is 0. The number of nitrogens with zero attached hydrogens (tertiary/aromatic N) is 2. The summed E-state index contributed by atoms with van der Waals surface area (Å²) in [6.45, 7) is 2.45. The van der Waals surface area contributed by atoms with Crippen LogP contribution >= 0.6 is 0 Å². The average Bonchev–Trinajstić information content (AvgIpc) is 3.02. The number of amides is 1. The molecule has 0 unspecified atom stereocenters. The summed E-state index contributed by atoms with van der Waals surface area (Å²) in [6.07, 6.45) is 6.73. The number of hydrogen-bond acceptors (Lipinski definition) is 4. The van der Waals surface area contributed by atoms with E-state index in [4.69, 9.17) is 15.2 Å². The number of likely N-dealkylation sites (tertiary alicyclic amines) is 1. The predicted molar refractivity (Wildman–Crippen MR) is 94.8 cm³/mol. The number of piperidine rings is 1. The van der Waals surface area contributed by atoms with Crippen molar-refractivity contribution >= 4 is 11.7 Å². The van der Waals surface area contributed by atoms with E-state index < -0.39 is 0 Å². The summed E-state index contributed by atoms with van der Waals surface area (Å²) in [7, 11) is 0. The van der Waals surface area contributed by atoms with Gasteiger partial charge in [-0.05, 0) is 62.9 Å². The summed E-state index contributed by atoms with van der Waals surface area (Å²) in [4.78, 5) is 19.0. The van der Waals surface area contributed by atoms with Crippen molar-refractivity contribution < 1.29 is 14.3 Å². The van der Waals surface area contributed by atoms with Crippen molar-refractivity contribution in [2.75, 3.05) is 19.9 Å². The normalized spacial score (nSPS) is 22.0. The minimum atomic E-state index is -0.128. The number of rotatable bonds is 4. The predicted octanol–water partition coefficient (Wildman–Crippen LogP) is 2.30. The van der Waals surface area contributed by atoms with Gasteiger partial charge in [0.1, 0.15) is 5.84 Å². The number of nitrogens with two attached hydrogens (primary N) is 1. The Bertz CT molecular complexity index is 676. The number of benzene rings is 1. The Balaban J connectivity index is 1.31. The smallest absolute Gasteiger partial charge is 0.247 e. The van der Waals surface area contributed by atoms with Gasteiger partial charge in [-0.3, -0.25) is 4.79 Å². The Kier molecular flexibility index (Phi) is 4.61. The van der Waals surface area contributed by atoms with Crippen LogP contribution in [0.15, 0.2) is 23.2 Å². The Labute approximate surface area is 148 Å². The molecule has 1 amide bonds. The molecule has 1 saturated carbocycles. The van der Waals surface area contributed by atoms with E-state index in [2.05, 4.69) is 9.89 Å². The fraction of sp³-hybridized carbons (Fsp3) is 0.579. The molecular formula is C19H25N3O3. The SMILES string of the molecule is NC(=NC(=O)CC1CCN(C2CCC2)CC1)c1ccc2c(c1)OCO2. The fourth-order valence-corrected chi connectivity index (χ4v) is 3.82. The number of amidine groups is 1. The summed E-state index contributed by atoms with van der Waals surface area (Å²) in [6, 6.07) is 6.17. The molecule has 2 heterocycles. The van der Waals surface area contributed by atoms with E-state index in [1.807, 2.05) is 0 Å². The van der Waals surface area contributed by atoms with Crippen LogP contribution in [-0.2, 0) is 4.79 Å². The highest BCUT2D eigenvalue weighted by molar-refractivity contribution is 6.04. The molecule has 1 aromatic carbocycles. The zero-order valence-electron chi connectivity index (χ0n) is 14.4. The number of hydrogen-bond donors (Lipinski definition) is 1. The lowest BCUT2D eigenvalue weighted by atomic mass is 9.87. The second kappa shape index (κ2) is 7.04. The lowest BCUT2D eigenvalue weighted by molar-refractivity contribution is -0.119. The van der Waals surface area contributed by atoms with E-state index in [9.17, 15) is 4.79 Å². The quantitative estimate of drug-likeness (QED) is 0.670. The summed E-state index contributed by atoms with van der Waals surface area (Å²) in [5.74, 6) is 1.89. The summed E-state index contributed by atoms with van der Waals surface area (Å²) in [5.41, 5.74) is 6.70. The molecule has 6 heteroatoms. The third-order valence-electron chi connectivity index (χ3n) is 5.62. The van der Waals surface area contributed by atoms with Gasteiger partial charge in [0.05, 0.1) is 0 Å². The van der Waals surface area contributed by atoms with Gasteiger partial charge >= 0.3 is 0 Å². The van der Waals surface area contributed by atoms with Gasteiger partial charge in [0.15, 0.2) is 11.5 Å². The van der Waals surface area contributed by atoms with Crippen LogP contribution in [0, 0.1) is 5.92 Å². The van der Waals surface area contributed by atoms with Crippen molar-refractivity contribution in [3.05, 3.63) is 23.8 Å². The fourth-order valence-electron chi connectivity index (χ4n) is 3.82. The van der Waals surface area contributed by atoms with E-state index in [0.29, 0.717) is 29.4 Å². The van der Waals surface area contributed by atoms with Crippen molar-refractivity contribution in [2.45, 2.75) is 44.6 Å². The van der Waals surface area contributed by atoms with E-state index in [0.717, 1.165) is 32.0 Å². The highest BCUT2D eigenvalue weighted by atomic mass is 16.7. The molecule has 0 spiro atoms. The van der Waals surface area contributed by atoms with Gasteiger partial charge in [-0.1, -0.05) is 6.42 Å². The minimum Gasteiger partial charge on any atom is -0.454 e. The molecule has 1 aromatic rings. The number of fused-ring (bicyclic) bond motifs is 1. The molecule has 25 heavy (non-hydrogen) atoms. The third kappa shape index (κ3) is 3.63. The van der Waals surface area contributed by atoms with Crippen molar-refractivity contribution in [3.8, 4) is 11.5 Å². The molecule has 0 bridgehead atoms. The molecule has 2 aliphatic heterocycles. The molecule has 3 aliphatic rings. The highest BCUT2D eigenvalue weighted by Gasteiger charge is 2.29. The van der Waals surface area contributed by atoms with Crippen molar-refractivity contribution in [2.24, 2.45) is 16.6 Å². The van der Waals surface area contributed by atoms with Crippen molar-refractivity contribution in [3.63, 3.8) is 0 Å². The van der Waals surface area contributed by atoms with Crippen LogP contribution < -0.4 is 15.2 Å². The van der Waals surface area contributed by atoms with Crippen LogP contribution in [-0.4, -0.2) is 42.6 Å². The number of aliphatic imine (C=N–C) groups is 1. The Hall–Kier alpha value is -2.08. The molecule has 4 rings (SSSR count).